The van der Waals surface area contributed by atoms with Crippen LogP contribution in [-0.4, -0.2) is 30.5 Å². The van der Waals surface area contributed by atoms with Gasteiger partial charge in [-0.3, -0.25) is 0 Å². The zero-order valence-corrected chi connectivity index (χ0v) is 7.00. The van der Waals surface area contributed by atoms with Crippen molar-refractivity contribution in [3.8, 4) is 0 Å². The summed E-state index contributed by atoms with van der Waals surface area (Å²) < 4.78 is 17.4. The molecule has 0 aliphatic heterocycles. The third-order valence-corrected chi connectivity index (χ3v) is 2.33. The van der Waals surface area contributed by atoms with Crippen LogP contribution in [0.25, 0.3) is 0 Å². The van der Waals surface area contributed by atoms with Gasteiger partial charge in [0, 0.05) is 5.92 Å². The summed E-state index contributed by atoms with van der Waals surface area (Å²) in [6.07, 6.45) is -0.408. The maximum Gasteiger partial charge on any atom is 0.340 e. The number of halogens is 1. The number of methoxy groups -OCH3 is 1. The molecule has 4 heteroatoms. The molecule has 0 aromatic carbocycles. The molecular formula is C8H13FO3. The molecule has 0 bridgehead atoms. The summed E-state index contributed by atoms with van der Waals surface area (Å²) >= 11 is 0. The molecule has 0 radical (unpaired) electrons. The van der Waals surface area contributed by atoms with Crippen molar-refractivity contribution < 1.29 is 19.0 Å². The molecule has 3 atom stereocenters. The minimum absolute atomic E-state index is 0.558. The summed E-state index contributed by atoms with van der Waals surface area (Å²) in [6.45, 7) is 0. The molecule has 1 N–H and O–H groups in total. The lowest BCUT2D eigenvalue weighted by Gasteiger charge is -2.16. The van der Waals surface area contributed by atoms with Crippen molar-refractivity contribution in [1.29, 1.82) is 0 Å². The van der Waals surface area contributed by atoms with Gasteiger partial charge in [0.15, 0.2) is 0 Å². The molecule has 70 valence electrons. The van der Waals surface area contributed by atoms with Gasteiger partial charge in [-0.15, -0.1) is 0 Å². The number of alkyl halides is 1. The number of hydrogen-bond acceptors (Lipinski definition) is 3. The van der Waals surface area contributed by atoms with Crippen LogP contribution in [0, 0.1) is 5.92 Å². The molecule has 1 fully saturated rings. The van der Waals surface area contributed by atoms with E-state index in [1.165, 1.54) is 0 Å². The lowest BCUT2D eigenvalue weighted by Crippen LogP contribution is -2.31. The number of esters is 1. The molecule has 1 aliphatic rings. The van der Waals surface area contributed by atoms with E-state index in [-0.39, 0.29) is 0 Å². The molecule has 0 heterocycles. The third kappa shape index (κ3) is 1.75. The zero-order valence-electron chi connectivity index (χ0n) is 7.00. The lowest BCUT2D eigenvalue weighted by atomic mass is 10.0. The number of aliphatic hydroxyl groups is 1. The van der Waals surface area contributed by atoms with E-state index in [2.05, 4.69) is 4.74 Å². The third-order valence-electron chi connectivity index (χ3n) is 2.33. The van der Waals surface area contributed by atoms with Gasteiger partial charge in [0.1, 0.15) is 0 Å². The Labute approximate surface area is 70.5 Å². The Morgan fingerprint density at radius 1 is 1.67 bits per heavy atom. The van der Waals surface area contributed by atoms with Gasteiger partial charge in [0.05, 0.1) is 13.2 Å². The topological polar surface area (TPSA) is 46.5 Å². The molecule has 3 nitrogen and oxygen atoms in total. The van der Waals surface area contributed by atoms with Gasteiger partial charge in [0.2, 0.25) is 6.17 Å². The number of hydrogen-bond donors (Lipinski definition) is 1. The van der Waals surface area contributed by atoms with Crippen molar-refractivity contribution in [3.05, 3.63) is 0 Å². The van der Waals surface area contributed by atoms with E-state index in [0.717, 1.165) is 13.5 Å². The van der Waals surface area contributed by atoms with Crippen molar-refractivity contribution in [3.63, 3.8) is 0 Å². The van der Waals surface area contributed by atoms with E-state index < -0.39 is 24.2 Å². The van der Waals surface area contributed by atoms with E-state index in [1.807, 2.05) is 0 Å². The maximum atomic E-state index is 13.1. The van der Waals surface area contributed by atoms with Gasteiger partial charge in [-0.1, -0.05) is 6.42 Å². The number of rotatable bonds is 2. The average molecular weight is 176 g/mol. The Morgan fingerprint density at radius 2 is 2.33 bits per heavy atom. The highest BCUT2D eigenvalue weighted by molar-refractivity contribution is 5.74. The summed E-state index contributed by atoms with van der Waals surface area (Å²) in [5.41, 5.74) is 0. The van der Waals surface area contributed by atoms with E-state index in [4.69, 9.17) is 0 Å². The first-order chi connectivity index (χ1) is 5.66. The van der Waals surface area contributed by atoms with E-state index in [1.54, 1.807) is 0 Å². The SMILES string of the molecule is COC(=O)C(F)C1CCC[C@H]1O. The number of aliphatic hydroxyl groups excluding tert-OH is 1. The van der Waals surface area contributed by atoms with Crippen LogP contribution in [0.1, 0.15) is 19.3 Å². The van der Waals surface area contributed by atoms with Crippen LogP contribution < -0.4 is 0 Å². The molecule has 0 saturated heterocycles. The zero-order chi connectivity index (χ0) is 9.14. The predicted molar refractivity (Wildman–Crippen MR) is 40.3 cm³/mol. The van der Waals surface area contributed by atoms with Gasteiger partial charge in [-0.2, -0.15) is 0 Å². The minimum Gasteiger partial charge on any atom is -0.467 e. The first-order valence-corrected chi connectivity index (χ1v) is 4.06. The fourth-order valence-corrected chi connectivity index (χ4v) is 1.60. The van der Waals surface area contributed by atoms with Crippen molar-refractivity contribution in [1.82, 2.24) is 0 Å². The summed E-state index contributed by atoms with van der Waals surface area (Å²) in [5.74, 6) is -1.43. The Hall–Kier alpha value is -0.640. The quantitative estimate of drug-likeness (QED) is 0.628. The second kappa shape index (κ2) is 3.85. The Bertz CT molecular complexity index is 172. The highest BCUT2D eigenvalue weighted by Gasteiger charge is 2.37. The van der Waals surface area contributed by atoms with Gasteiger partial charge in [-0.05, 0) is 12.8 Å². The molecular weight excluding hydrogens is 163 g/mol. The normalized spacial score (nSPS) is 31.6. The molecule has 0 aromatic rings. The number of carbonyl (C=O) groups is 1. The van der Waals surface area contributed by atoms with E-state index in [9.17, 15) is 14.3 Å². The largest absolute Gasteiger partial charge is 0.467 e. The average Bonchev–Trinajstić information content (AvgIpc) is 2.48. The van der Waals surface area contributed by atoms with E-state index >= 15 is 0 Å². The molecule has 1 aliphatic carbocycles. The highest BCUT2D eigenvalue weighted by atomic mass is 19.1. The van der Waals surface area contributed by atoms with E-state index in [0.29, 0.717) is 12.8 Å². The minimum atomic E-state index is -1.66. The highest BCUT2D eigenvalue weighted by Crippen LogP contribution is 2.30. The Kier molecular flexibility index (Phi) is 3.03. The molecule has 1 rings (SSSR count). The van der Waals surface area contributed by atoms with Gasteiger partial charge in [-0.25, -0.2) is 9.18 Å². The summed E-state index contributed by atoms with van der Waals surface area (Å²) in [5, 5.41) is 9.26. The lowest BCUT2D eigenvalue weighted by molar-refractivity contribution is -0.150. The second-order valence-corrected chi connectivity index (χ2v) is 3.09. The molecule has 1 saturated carbocycles. The van der Waals surface area contributed by atoms with Gasteiger partial charge in [0.25, 0.3) is 0 Å². The summed E-state index contributed by atoms with van der Waals surface area (Å²) in [7, 11) is 1.15. The molecule has 2 unspecified atom stereocenters. The fourth-order valence-electron chi connectivity index (χ4n) is 1.60. The smallest absolute Gasteiger partial charge is 0.340 e. The molecule has 0 amide bonds. The first kappa shape index (κ1) is 9.45. The van der Waals surface area contributed by atoms with Crippen LogP contribution in [0.2, 0.25) is 0 Å². The van der Waals surface area contributed by atoms with Gasteiger partial charge < -0.3 is 9.84 Å². The van der Waals surface area contributed by atoms with Crippen molar-refractivity contribution in [2.45, 2.75) is 31.5 Å². The first-order valence-electron chi connectivity index (χ1n) is 4.06. The second-order valence-electron chi connectivity index (χ2n) is 3.09. The summed E-state index contributed by atoms with van der Waals surface area (Å²) in [6, 6.07) is 0. The van der Waals surface area contributed by atoms with Crippen LogP contribution in [0.4, 0.5) is 4.39 Å². The number of ether oxygens (including phenoxy) is 1. The number of carbonyl (C=O) groups excluding carboxylic acids is 1. The van der Waals surface area contributed by atoms with Crippen molar-refractivity contribution in [2.24, 2.45) is 5.92 Å². The Balaban J connectivity index is 2.51. The van der Waals surface area contributed by atoms with Crippen LogP contribution in [0.15, 0.2) is 0 Å². The summed E-state index contributed by atoms with van der Waals surface area (Å²) in [4.78, 5) is 10.7. The maximum absolute atomic E-state index is 13.1. The van der Waals surface area contributed by atoms with Crippen LogP contribution in [0.3, 0.4) is 0 Å². The predicted octanol–water partition coefficient (Wildman–Crippen LogP) is 0.658. The monoisotopic (exact) mass is 176 g/mol. The standard InChI is InChI=1S/C8H13FO3/c1-12-8(11)7(9)5-3-2-4-6(5)10/h5-7,10H,2-4H2,1H3/t5?,6-,7?/m1/s1. The van der Waals surface area contributed by atoms with Crippen molar-refractivity contribution >= 4 is 5.97 Å². The Morgan fingerprint density at radius 3 is 2.75 bits per heavy atom. The van der Waals surface area contributed by atoms with Crippen LogP contribution >= 0.6 is 0 Å². The van der Waals surface area contributed by atoms with Crippen LogP contribution in [-0.2, 0) is 9.53 Å². The van der Waals surface area contributed by atoms with Crippen LogP contribution in [0.5, 0.6) is 0 Å². The van der Waals surface area contributed by atoms with Gasteiger partial charge >= 0.3 is 5.97 Å². The molecule has 0 spiro atoms. The fraction of sp³-hybridized carbons (Fsp3) is 0.875. The molecule has 0 aromatic heterocycles. The molecule has 12 heavy (non-hydrogen) atoms. The van der Waals surface area contributed by atoms with Crippen molar-refractivity contribution in [2.75, 3.05) is 7.11 Å².